The van der Waals surface area contributed by atoms with Crippen LogP contribution in [0.5, 0.6) is 5.75 Å². The Balaban J connectivity index is 1.87. The molecule has 19 heavy (non-hydrogen) atoms. The number of hydrogen-bond donors (Lipinski definition) is 0. The third-order valence-corrected chi connectivity index (χ3v) is 2.64. The van der Waals surface area contributed by atoms with Crippen molar-refractivity contribution in [3.63, 3.8) is 0 Å². The minimum Gasteiger partial charge on any atom is -0.484 e. The van der Waals surface area contributed by atoms with Gasteiger partial charge < -0.3 is 9.26 Å². The summed E-state index contributed by atoms with van der Waals surface area (Å²) in [5, 5.41) is 3.88. The van der Waals surface area contributed by atoms with E-state index in [2.05, 4.69) is 17.1 Å². The molecule has 100 valence electrons. The van der Waals surface area contributed by atoms with Gasteiger partial charge in [-0.05, 0) is 30.7 Å². The fourth-order valence-electron chi connectivity index (χ4n) is 1.57. The number of carbonyl (C=O) groups is 1. The Morgan fingerprint density at radius 1 is 1.32 bits per heavy atom. The summed E-state index contributed by atoms with van der Waals surface area (Å²) in [7, 11) is 0. The fraction of sp³-hybridized carbons (Fsp3) is 0.357. The topological polar surface area (TPSA) is 65.2 Å². The predicted octanol–water partition coefficient (Wildman–Crippen LogP) is 2.80. The van der Waals surface area contributed by atoms with Gasteiger partial charge in [0.25, 0.3) is 5.89 Å². The smallest absolute Gasteiger partial charge is 0.264 e. The molecule has 0 amide bonds. The van der Waals surface area contributed by atoms with E-state index >= 15 is 0 Å². The highest BCUT2D eigenvalue weighted by Gasteiger charge is 2.06. The molecule has 0 radical (unpaired) electrons. The van der Waals surface area contributed by atoms with Gasteiger partial charge in [0.2, 0.25) is 0 Å². The van der Waals surface area contributed by atoms with Crippen LogP contribution in [0.15, 0.2) is 28.8 Å². The van der Waals surface area contributed by atoms with Crippen LogP contribution in [-0.2, 0) is 13.0 Å². The molecule has 0 aliphatic heterocycles. The first-order chi connectivity index (χ1) is 9.31. The first kappa shape index (κ1) is 13.3. The number of carbonyl (C=O) groups excluding carboxylic acids is 1. The van der Waals surface area contributed by atoms with Crippen LogP contribution < -0.4 is 4.74 Å². The van der Waals surface area contributed by atoms with Crippen LogP contribution in [0.3, 0.4) is 0 Å². The van der Waals surface area contributed by atoms with Crippen LogP contribution in [0.25, 0.3) is 0 Å². The van der Waals surface area contributed by atoms with Crippen molar-refractivity contribution in [2.75, 3.05) is 0 Å². The van der Waals surface area contributed by atoms with Gasteiger partial charge in [-0.15, -0.1) is 0 Å². The van der Waals surface area contributed by atoms with Crippen LogP contribution in [0.2, 0.25) is 0 Å². The van der Waals surface area contributed by atoms with E-state index in [1.54, 1.807) is 24.3 Å². The third-order valence-electron chi connectivity index (χ3n) is 2.64. The summed E-state index contributed by atoms with van der Waals surface area (Å²) in [5.41, 5.74) is 0.618. The molecule has 0 unspecified atom stereocenters. The number of aldehydes is 1. The predicted molar refractivity (Wildman–Crippen MR) is 69.1 cm³/mol. The molecule has 0 N–H and O–H groups in total. The number of rotatable bonds is 7. The van der Waals surface area contributed by atoms with Crippen molar-refractivity contribution in [1.82, 2.24) is 10.1 Å². The lowest BCUT2D eigenvalue weighted by Gasteiger charge is -2.02. The monoisotopic (exact) mass is 260 g/mol. The molecule has 0 aliphatic rings. The van der Waals surface area contributed by atoms with E-state index < -0.39 is 0 Å². The molecule has 2 aromatic rings. The number of aryl methyl sites for hydroxylation is 1. The summed E-state index contributed by atoms with van der Waals surface area (Å²) in [6.07, 6.45) is 3.77. The Labute approximate surface area is 111 Å². The molecule has 5 heteroatoms. The van der Waals surface area contributed by atoms with E-state index in [0.29, 0.717) is 17.2 Å². The second-order valence-electron chi connectivity index (χ2n) is 4.18. The molecule has 0 saturated carbocycles. The summed E-state index contributed by atoms with van der Waals surface area (Å²) in [6, 6.07) is 6.86. The molecule has 0 aliphatic carbocycles. The number of benzene rings is 1. The maximum atomic E-state index is 10.5. The lowest BCUT2D eigenvalue weighted by atomic mass is 10.2. The van der Waals surface area contributed by atoms with Crippen LogP contribution >= 0.6 is 0 Å². The van der Waals surface area contributed by atoms with Crippen molar-refractivity contribution in [2.24, 2.45) is 0 Å². The van der Waals surface area contributed by atoms with Crippen LogP contribution in [0.1, 0.15) is 41.8 Å². The van der Waals surface area contributed by atoms with Gasteiger partial charge in [0.15, 0.2) is 12.4 Å². The van der Waals surface area contributed by atoms with Crippen molar-refractivity contribution in [3.8, 4) is 5.75 Å². The second kappa shape index (κ2) is 6.68. The highest BCUT2D eigenvalue weighted by atomic mass is 16.5. The Hall–Kier alpha value is -2.17. The molecule has 0 saturated heterocycles. The van der Waals surface area contributed by atoms with Gasteiger partial charge in [-0.25, -0.2) is 0 Å². The molecule has 1 aromatic heterocycles. The van der Waals surface area contributed by atoms with Gasteiger partial charge >= 0.3 is 0 Å². The van der Waals surface area contributed by atoms with Crippen LogP contribution in [0, 0.1) is 0 Å². The van der Waals surface area contributed by atoms with Gasteiger partial charge in [-0.2, -0.15) is 4.98 Å². The van der Waals surface area contributed by atoms with Gasteiger partial charge in [-0.1, -0.05) is 18.5 Å². The number of unbranched alkanes of at least 4 members (excludes halogenated alkanes) is 1. The van der Waals surface area contributed by atoms with Gasteiger partial charge in [-0.3, -0.25) is 4.79 Å². The Morgan fingerprint density at radius 2 is 2.11 bits per heavy atom. The van der Waals surface area contributed by atoms with E-state index in [4.69, 9.17) is 9.26 Å². The number of aromatic nitrogens is 2. The molecule has 2 rings (SSSR count). The highest BCUT2D eigenvalue weighted by Crippen LogP contribution is 2.13. The lowest BCUT2D eigenvalue weighted by molar-refractivity contribution is 0.112. The van der Waals surface area contributed by atoms with Crippen LogP contribution in [0.4, 0.5) is 0 Å². The average molecular weight is 260 g/mol. The Morgan fingerprint density at radius 3 is 2.79 bits per heavy atom. The maximum absolute atomic E-state index is 10.5. The minimum absolute atomic E-state index is 0.236. The molecule has 0 fully saturated rings. The lowest BCUT2D eigenvalue weighted by Crippen LogP contribution is -1.96. The summed E-state index contributed by atoms with van der Waals surface area (Å²) in [4.78, 5) is 14.7. The van der Waals surface area contributed by atoms with Gasteiger partial charge in [0, 0.05) is 12.0 Å². The zero-order valence-electron chi connectivity index (χ0n) is 10.8. The zero-order valence-corrected chi connectivity index (χ0v) is 10.8. The summed E-state index contributed by atoms with van der Waals surface area (Å²) >= 11 is 0. The Bertz CT molecular complexity index is 520. The van der Waals surface area contributed by atoms with Crippen LogP contribution in [-0.4, -0.2) is 16.4 Å². The Kier molecular flexibility index (Phi) is 4.66. The van der Waals surface area contributed by atoms with Crippen molar-refractivity contribution in [1.29, 1.82) is 0 Å². The fourth-order valence-corrected chi connectivity index (χ4v) is 1.57. The van der Waals surface area contributed by atoms with E-state index in [1.165, 1.54) is 0 Å². The molecular weight excluding hydrogens is 244 g/mol. The standard InChI is InChI=1S/C14H16N2O3/c1-2-3-4-13-15-14(19-16-13)10-18-12-7-5-11(9-17)6-8-12/h5-9H,2-4,10H2,1H3. The van der Waals surface area contributed by atoms with Gasteiger partial charge in [0.05, 0.1) is 0 Å². The van der Waals surface area contributed by atoms with Crippen molar-refractivity contribution in [3.05, 3.63) is 41.5 Å². The first-order valence-electron chi connectivity index (χ1n) is 6.31. The van der Waals surface area contributed by atoms with Crippen molar-refractivity contribution < 1.29 is 14.1 Å². The minimum atomic E-state index is 0.236. The van der Waals surface area contributed by atoms with E-state index in [1.807, 2.05) is 0 Å². The molecule has 1 aromatic carbocycles. The molecule has 0 spiro atoms. The number of ether oxygens (including phenoxy) is 1. The number of nitrogens with zero attached hydrogens (tertiary/aromatic N) is 2. The average Bonchev–Trinajstić information content (AvgIpc) is 2.91. The molecule has 0 atom stereocenters. The van der Waals surface area contributed by atoms with E-state index in [-0.39, 0.29) is 6.61 Å². The molecule has 5 nitrogen and oxygen atoms in total. The van der Waals surface area contributed by atoms with E-state index in [9.17, 15) is 4.79 Å². The number of hydrogen-bond acceptors (Lipinski definition) is 5. The molecule has 0 bridgehead atoms. The van der Waals surface area contributed by atoms with Crippen molar-refractivity contribution >= 4 is 6.29 Å². The molecular formula is C14H16N2O3. The largest absolute Gasteiger partial charge is 0.484 e. The summed E-state index contributed by atoms with van der Waals surface area (Å²) in [5.74, 6) is 1.85. The quantitative estimate of drug-likeness (QED) is 0.716. The maximum Gasteiger partial charge on any atom is 0.264 e. The highest BCUT2D eigenvalue weighted by molar-refractivity contribution is 5.74. The van der Waals surface area contributed by atoms with E-state index in [0.717, 1.165) is 31.4 Å². The zero-order chi connectivity index (χ0) is 13.5. The van der Waals surface area contributed by atoms with Gasteiger partial charge in [0.1, 0.15) is 12.0 Å². The third kappa shape index (κ3) is 3.91. The summed E-state index contributed by atoms with van der Waals surface area (Å²) in [6.45, 7) is 2.35. The molecule has 1 heterocycles. The SMILES string of the molecule is CCCCc1noc(COc2ccc(C=O)cc2)n1. The normalized spacial score (nSPS) is 10.4. The first-order valence-corrected chi connectivity index (χ1v) is 6.31. The van der Waals surface area contributed by atoms with Crippen molar-refractivity contribution in [2.45, 2.75) is 32.8 Å². The summed E-state index contributed by atoms with van der Waals surface area (Å²) < 4.78 is 10.6. The second-order valence-corrected chi connectivity index (χ2v) is 4.18.